The molecule has 14 heavy (non-hydrogen) atoms. The van der Waals surface area contributed by atoms with Crippen molar-refractivity contribution in [1.82, 2.24) is 0 Å². The predicted molar refractivity (Wildman–Crippen MR) is 54.0 cm³/mol. The lowest BCUT2D eigenvalue weighted by Gasteiger charge is -2.05. The standard InChI is InChI=1S/C11H19FO2/c1-3-5-7-9(13)11(12)10(14)8-6-4-2/h11H,3-8H2,1-2H3. The second-order valence-electron chi connectivity index (χ2n) is 3.50. The molecular formula is C11H19FO2. The van der Waals surface area contributed by atoms with Crippen LogP contribution in [0.2, 0.25) is 0 Å². The second kappa shape index (κ2) is 7.65. The Balaban J connectivity index is 3.85. The minimum Gasteiger partial charge on any atom is -0.296 e. The summed E-state index contributed by atoms with van der Waals surface area (Å²) in [5, 5.41) is 0. The monoisotopic (exact) mass is 202 g/mol. The van der Waals surface area contributed by atoms with Gasteiger partial charge in [0.2, 0.25) is 6.17 Å². The largest absolute Gasteiger partial charge is 0.296 e. The van der Waals surface area contributed by atoms with Crippen LogP contribution in [-0.4, -0.2) is 17.7 Å². The van der Waals surface area contributed by atoms with Crippen LogP contribution in [0.3, 0.4) is 0 Å². The molecule has 0 aromatic carbocycles. The Morgan fingerprint density at radius 1 is 1.00 bits per heavy atom. The molecule has 0 aromatic heterocycles. The van der Waals surface area contributed by atoms with Crippen LogP contribution >= 0.6 is 0 Å². The summed E-state index contributed by atoms with van der Waals surface area (Å²) >= 11 is 0. The molecule has 0 saturated heterocycles. The van der Waals surface area contributed by atoms with E-state index in [2.05, 4.69) is 0 Å². The van der Waals surface area contributed by atoms with E-state index in [4.69, 9.17) is 0 Å². The molecule has 0 aliphatic rings. The van der Waals surface area contributed by atoms with E-state index in [0.717, 1.165) is 12.8 Å². The third kappa shape index (κ3) is 5.10. The first kappa shape index (κ1) is 13.3. The van der Waals surface area contributed by atoms with Gasteiger partial charge in [-0.3, -0.25) is 9.59 Å². The summed E-state index contributed by atoms with van der Waals surface area (Å²) < 4.78 is 13.1. The number of ketones is 2. The molecule has 0 heterocycles. The van der Waals surface area contributed by atoms with Gasteiger partial charge in [0.1, 0.15) is 0 Å². The molecule has 0 radical (unpaired) electrons. The average Bonchev–Trinajstić information content (AvgIpc) is 2.21. The van der Waals surface area contributed by atoms with E-state index >= 15 is 0 Å². The summed E-state index contributed by atoms with van der Waals surface area (Å²) in [6.45, 7) is 3.86. The Morgan fingerprint density at radius 2 is 1.36 bits per heavy atom. The minimum atomic E-state index is -1.87. The maximum atomic E-state index is 13.1. The van der Waals surface area contributed by atoms with Crippen molar-refractivity contribution in [3.05, 3.63) is 0 Å². The van der Waals surface area contributed by atoms with Gasteiger partial charge in [-0.05, 0) is 12.8 Å². The van der Waals surface area contributed by atoms with Gasteiger partial charge in [-0.25, -0.2) is 4.39 Å². The molecular weight excluding hydrogens is 183 g/mol. The first-order valence-corrected chi connectivity index (χ1v) is 5.33. The van der Waals surface area contributed by atoms with E-state index < -0.39 is 17.7 Å². The van der Waals surface area contributed by atoms with Crippen LogP contribution < -0.4 is 0 Å². The average molecular weight is 202 g/mol. The van der Waals surface area contributed by atoms with Crippen LogP contribution in [0.5, 0.6) is 0 Å². The van der Waals surface area contributed by atoms with Crippen LogP contribution in [0.4, 0.5) is 4.39 Å². The number of Topliss-reactive ketones (excluding diaryl/α,β-unsaturated/α-hetero) is 2. The highest BCUT2D eigenvalue weighted by atomic mass is 19.1. The Bertz CT molecular complexity index is 170. The smallest absolute Gasteiger partial charge is 0.216 e. The van der Waals surface area contributed by atoms with Crippen molar-refractivity contribution in [2.45, 2.75) is 58.5 Å². The topological polar surface area (TPSA) is 34.1 Å². The SMILES string of the molecule is CCCCC(=O)C(F)C(=O)CCCC. The van der Waals surface area contributed by atoms with Crippen molar-refractivity contribution < 1.29 is 14.0 Å². The number of carbonyl (C=O) groups excluding carboxylic acids is 2. The number of halogens is 1. The lowest BCUT2D eigenvalue weighted by atomic mass is 10.0. The molecule has 0 atom stereocenters. The van der Waals surface area contributed by atoms with Gasteiger partial charge in [-0.15, -0.1) is 0 Å². The van der Waals surface area contributed by atoms with Crippen molar-refractivity contribution in [3.63, 3.8) is 0 Å². The number of alkyl halides is 1. The highest BCUT2D eigenvalue weighted by Gasteiger charge is 2.23. The van der Waals surface area contributed by atoms with Crippen LogP contribution in [0, 0.1) is 0 Å². The predicted octanol–water partition coefficient (Wildman–Crippen LogP) is 2.84. The van der Waals surface area contributed by atoms with Gasteiger partial charge in [0.25, 0.3) is 0 Å². The third-order valence-corrected chi connectivity index (χ3v) is 2.12. The zero-order chi connectivity index (χ0) is 11.0. The molecule has 0 fully saturated rings. The molecule has 0 aliphatic heterocycles. The Morgan fingerprint density at radius 3 is 1.64 bits per heavy atom. The number of hydrogen-bond donors (Lipinski definition) is 0. The zero-order valence-corrected chi connectivity index (χ0v) is 9.01. The van der Waals surface area contributed by atoms with Gasteiger partial charge in [-0.2, -0.15) is 0 Å². The van der Waals surface area contributed by atoms with Gasteiger partial charge in [-0.1, -0.05) is 26.7 Å². The van der Waals surface area contributed by atoms with E-state index in [1.807, 2.05) is 13.8 Å². The van der Waals surface area contributed by atoms with Crippen molar-refractivity contribution in [1.29, 1.82) is 0 Å². The van der Waals surface area contributed by atoms with E-state index in [1.165, 1.54) is 0 Å². The molecule has 0 N–H and O–H groups in total. The first-order chi connectivity index (χ1) is 6.63. The summed E-state index contributed by atoms with van der Waals surface area (Å²) in [5.41, 5.74) is 0. The van der Waals surface area contributed by atoms with Crippen molar-refractivity contribution in [2.75, 3.05) is 0 Å². The summed E-state index contributed by atoms with van der Waals surface area (Å²) in [6.07, 6.45) is 1.54. The zero-order valence-electron chi connectivity index (χ0n) is 9.01. The fourth-order valence-electron chi connectivity index (χ4n) is 1.14. The van der Waals surface area contributed by atoms with Crippen molar-refractivity contribution >= 4 is 11.6 Å². The second-order valence-corrected chi connectivity index (χ2v) is 3.50. The lowest BCUT2D eigenvalue weighted by Crippen LogP contribution is -2.25. The summed E-state index contributed by atoms with van der Waals surface area (Å²) in [6, 6.07) is 0. The lowest BCUT2D eigenvalue weighted by molar-refractivity contribution is -0.134. The maximum absolute atomic E-state index is 13.1. The molecule has 82 valence electrons. The fourth-order valence-corrected chi connectivity index (χ4v) is 1.14. The molecule has 3 heteroatoms. The molecule has 0 amide bonds. The quantitative estimate of drug-likeness (QED) is 0.567. The molecule has 0 aromatic rings. The Labute approximate surface area is 84.9 Å². The van der Waals surface area contributed by atoms with E-state index in [9.17, 15) is 14.0 Å². The van der Waals surface area contributed by atoms with Crippen molar-refractivity contribution in [3.8, 4) is 0 Å². The number of unbranched alkanes of at least 4 members (excludes halogenated alkanes) is 2. The van der Waals surface area contributed by atoms with Crippen LogP contribution in [0.1, 0.15) is 52.4 Å². The van der Waals surface area contributed by atoms with Gasteiger partial charge in [0, 0.05) is 12.8 Å². The Kier molecular flexibility index (Phi) is 7.25. The van der Waals surface area contributed by atoms with Gasteiger partial charge in [0.15, 0.2) is 11.6 Å². The summed E-state index contributed by atoms with van der Waals surface area (Å²) in [4.78, 5) is 22.2. The molecule has 0 bridgehead atoms. The summed E-state index contributed by atoms with van der Waals surface area (Å²) in [5.74, 6) is -1.10. The number of rotatable bonds is 8. The molecule has 0 saturated carbocycles. The fraction of sp³-hybridized carbons (Fsp3) is 0.818. The van der Waals surface area contributed by atoms with Gasteiger partial charge >= 0.3 is 0 Å². The van der Waals surface area contributed by atoms with Crippen molar-refractivity contribution in [2.24, 2.45) is 0 Å². The Hall–Kier alpha value is -0.730. The van der Waals surface area contributed by atoms with E-state index in [-0.39, 0.29) is 12.8 Å². The molecule has 2 nitrogen and oxygen atoms in total. The maximum Gasteiger partial charge on any atom is 0.216 e. The normalized spacial score (nSPS) is 10.6. The number of hydrogen-bond acceptors (Lipinski definition) is 2. The molecule has 0 spiro atoms. The van der Waals surface area contributed by atoms with Crippen LogP contribution in [-0.2, 0) is 9.59 Å². The highest BCUT2D eigenvalue weighted by molar-refractivity contribution is 6.05. The van der Waals surface area contributed by atoms with Crippen LogP contribution in [0.15, 0.2) is 0 Å². The first-order valence-electron chi connectivity index (χ1n) is 5.33. The summed E-state index contributed by atoms with van der Waals surface area (Å²) in [7, 11) is 0. The minimum absolute atomic E-state index is 0.190. The van der Waals surface area contributed by atoms with Gasteiger partial charge < -0.3 is 0 Å². The van der Waals surface area contributed by atoms with Gasteiger partial charge in [0.05, 0.1) is 0 Å². The van der Waals surface area contributed by atoms with Crippen LogP contribution in [0.25, 0.3) is 0 Å². The molecule has 0 aliphatic carbocycles. The molecule has 0 rings (SSSR count). The highest BCUT2D eigenvalue weighted by Crippen LogP contribution is 2.07. The third-order valence-electron chi connectivity index (χ3n) is 2.12. The number of carbonyl (C=O) groups is 2. The van der Waals surface area contributed by atoms with E-state index in [1.54, 1.807) is 0 Å². The molecule has 0 unspecified atom stereocenters. The van der Waals surface area contributed by atoms with E-state index in [0.29, 0.717) is 12.8 Å².